The second-order valence-electron chi connectivity index (χ2n) is 8.61. The first-order valence-electron chi connectivity index (χ1n) is 11.7. The zero-order valence-corrected chi connectivity index (χ0v) is 22.1. The third-order valence-corrected chi connectivity index (χ3v) is 6.69. The van der Waals surface area contributed by atoms with Crippen LogP contribution in [0.25, 0.3) is 5.69 Å². The molecule has 1 aromatic heterocycles. The Morgan fingerprint density at radius 3 is 2.48 bits per heavy atom. The minimum atomic E-state index is 0. The lowest BCUT2D eigenvalue weighted by Gasteiger charge is -2.48. The number of aromatic nitrogens is 2. The van der Waals surface area contributed by atoms with Gasteiger partial charge in [0.2, 0.25) is 0 Å². The summed E-state index contributed by atoms with van der Waals surface area (Å²) in [5.41, 5.74) is 2.17. The number of hydrogen-bond acceptors (Lipinski definition) is 5. The van der Waals surface area contributed by atoms with Crippen molar-refractivity contribution < 1.29 is 9.47 Å². The molecule has 0 atom stereocenters. The molecule has 8 nitrogen and oxygen atoms in total. The first-order chi connectivity index (χ1) is 15.7. The molecule has 1 aliphatic carbocycles. The maximum absolute atomic E-state index is 5.60. The van der Waals surface area contributed by atoms with Crippen molar-refractivity contribution in [2.24, 2.45) is 4.99 Å². The molecule has 182 valence electrons. The Bertz CT molecular complexity index is 873. The molecule has 0 bridgehead atoms. The molecule has 0 spiro atoms. The van der Waals surface area contributed by atoms with Crippen LogP contribution in [0.3, 0.4) is 0 Å². The summed E-state index contributed by atoms with van der Waals surface area (Å²) in [6.45, 7) is 5.25. The minimum Gasteiger partial charge on any atom is -0.497 e. The monoisotopic (exact) mass is 568 g/mol. The van der Waals surface area contributed by atoms with Crippen molar-refractivity contribution in [1.29, 1.82) is 0 Å². The Hall–Kier alpha value is -1.85. The Balaban J connectivity index is 0.00000306. The number of methoxy groups -OCH3 is 1. The van der Waals surface area contributed by atoms with E-state index < -0.39 is 0 Å². The summed E-state index contributed by atoms with van der Waals surface area (Å²) < 4.78 is 12.7. The van der Waals surface area contributed by atoms with Crippen molar-refractivity contribution in [1.82, 2.24) is 25.3 Å². The van der Waals surface area contributed by atoms with Crippen molar-refractivity contribution in [3.8, 4) is 11.4 Å². The van der Waals surface area contributed by atoms with E-state index in [9.17, 15) is 0 Å². The third kappa shape index (κ3) is 6.60. The molecule has 1 saturated carbocycles. The van der Waals surface area contributed by atoms with Crippen LogP contribution in [0.2, 0.25) is 0 Å². The average molecular weight is 569 g/mol. The molecule has 2 N–H and O–H groups in total. The zero-order chi connectivity index (χ0) is 22.2. The van der Waals surface area contributed by atoms with Gasteiger partial charge in [-0.3, -0.25) is 9.89 Å². The molecule has 33 heavy (non-hydrogen) atoms. The highest BCUT2D eigenvalue weighted by molar-refractivity contribution is 14.0. The summed E-state index contributed by atoms with van der Waals surface area (Å²) in [5, 5.41) is 11.7. The van der Waals surface area contributed by atoms with Gasteiger partial charge in [0.25, 0.3) is 0 Å². The van der Waals surface area contributed by atoms with E-state index in [2.05, 4.69) is 25.6 Å². The maximum Gasteiger partial charge on any atom is 0.191 e. The smallest absolute Gasteiger partial charge is 0.191 e. The van der Waals surface area contributed by atoms with E-state index in [-0.39, 0.29) is 29.5 Å². The molecule has 1 saturated heterocycles. The fourth-order valence-electron chi connectivity index (χ4n) is 4.83. The highest BCUT2D eigenvalue weighted by atomic mass is 127. The van der Waals surface area contributed by atoms with Crippen LogP contribution >= 0.6 is 24.0 Å². The molecule has 2 heterocycles. The Morgan fingerprint density at radius 2 is 1.82 bits per heavy atom. The third-order valence-electron chi connectivity index (χ3n) is 6.69. The van der Waals surface area contributed by atoms with Crippen LogP contribution in [0.15, 0.2) is 41.5 Å². The molecule has 2 aliphatic rings. The van der Waals surface area contributed by atoms with E-state index in [0.717, 1.165) is 55.9 Å². The number of benzene rings is 1. The Morgan fingerprint density at radius 1 is 1.09 bits per heavy atom. The number of ether oxygens (including phenoxy) is 2. The normalized spacial score (nSPS) is 18.9. The van der Waals surface area contributed by atoms with Gasteiger partial charge in [-0.2, -0.15) is 5.10 Å². The van der Waals surface area contributed by atoms with E-state index in [4.69, 9.17) is 9.47 Å². The van der Waals surface area contributed by atoms with Gasteiger partial charge < -0.3 is 20.1 Å². The maximum atomic E-state index is 5.60. The molecule has 2 fully saturated rings. The van der Waals surface area contributed by atoms with Crippen molar-refractivity contribution in [3.63, 3.8) is 0 Å². The molecule has 1 aromatic carbocycles. The molecular weight excluding hydrogens is 531 g/mol. The van der Waals surface area contributed by atoms with E-state index in [1.165, 1.54) is 32.1 Å². The largest absolute Gasteiger partial charge is 0.497 e. The van der Waals surface area contributed by atoms with Crippen LogP contribution in [-0.2, 0) is 11.3 Å². The van der Waals surface area contributed by atoms with Crippen molar-refractivity contribution in [3.05, 3.63) is 42.2 Å². The summed E-state index contributed by atoms with van der Waals surface area (Å²) in [6.07, 6.45) is 8.40. The number of aliphatic imine (C=N–C) groups is 1. The molecule has 1 aliphatic heterocycles. The van der Waals surface area contributed by atoms with Gasteiger partial charge in [0.1, 0.15) is 5.75 Å². The lowest BCUT2D eigenvalue weighted by atomic mass is 9.80. The standard InChI is InChI=1S/C24H36N6O2.HI/c1-25-23(27-19-24(11-4-3-5-12-24)29-14-16-32-17-15-29)26-18-20-10-13-30(28-20)21-6-8-22(31-2)9-7-21;/h6-10,13H,3-5,11-12,14-19H2,1-2H3,(H2,25,26,27);1H. The lowest BCUT2D eigenvalue weighted by molar-refractivity contribution is -0.0352. The SMILES string of the molecule is CN=C(NCc1ccn(-c2ccc(OC)cc2)n1)NCC1(N2CCOCC2)CCCCC1.I. The average Bonchev–Trinajstić information content (AvgIpc) is 3.34. The fourth-order valence-corrected chi connectivity index (χ4v) is 4.83. The second-order valence-corrected chi connectivity index (χ2v) is 8.61. The molecule has 0 amide bonds. The summed E-state index contributed by atoms with van der Waals surface area (Å²) in [5.74, 6) is 1.66. The van der Waals surface area contributed by atoms with Gasteiger partial charge in [-0.25, -0.2) is 4.68 Å². The van der Waals surface area contributed by atoms with Crippen molar-refractivity contribution >= 4 is 29.9 Å². The number of guanidine groups is 1. The van der Waals surface area contributed by atoms with E-state index in [1.54, 1.807) is 7.11 Å². The summed E-state index contributed by atoms with van der Waals surface area (Å²) in [6, 6.07) is 9.91. The quantitative estimate of drug-likeness (QED) is 0.304. The van der Waals surface area contributed by atoms with Gasteiger partial charge in [-0.05, 0) is 43.2 Å². The highest BCUT2D eigenvalue weighted by Crippen LogP contribution is 2.33. The number of hydrogen-bond donors (Lipinski definition) is 2. The van der Waals surface area contributed by atoms with Crippen LogP contribution < -0.4 is 15.4 Å². The van der Waals surface area contributed by atoms with Crippen LogP contribution in [0.4, 0.5) is 0 Å². The first-order valence-corrected chi connectivity index (χ1v) is 11.7. The Kier molecular flexibility index (Phi) is 9.81. The van der Waals surface area contributed by atoms with E-state index in [1.807, 2.05) is 48.3 Å². The number of nitrogens with one attached hydrogen (secondary N) is 2. The van der Waals surface area contributed by atoms with Crippen LogP contribution in [0.1, 0.15) is 37.8 Å². The van der Waals surface area contributed by atoms with Gasteiger partial charge in [-0.1, -0.05) is 19.3 Å². The number of nitrogens with zero attached hydrogens (tertiary/aromatic N) is 4. The zero-order valence-electron chi connectivity index (χ0n) is 19.8. The first kappa shape index (κ1) is 25.8. The topological polar surface area (TPSA) is 75.9 Å². The highest BCUT2D eigenvalue weighted by Gasteiger charge is 2.38. The summed E-state index contributed by atoms with van der Waals surface area (Å²) in [4.78, 5) is 7.10. The summed E-state index contributed by atoms with van der Waals surface area (Å²) in [7, 11) is 3.50. The van der Waals surface area contributed by atoms with E-state index in [0.29, 0.717) is 6.54 Å². The van der Waals surface area contributed by atoms with Gasteiger partial charge in [0.05, 0.1) is 38.2 Å². The van der Waals surface area contributed by atoms with Gasteiger partial charge in [0.15, 0.2) is 5.96 Å². The van der Waals surface area contributed by atoms with Gasteiger partial charge >= 0.3 is 0 Å². The predicted molar refractivity (Wildman–Crippen MR) is 142 cm³/mol. The number of rotatable bonds is 7. The number of morpholine rings is 1. The molecule has 0 unspecified atom stereocenters. The molecule has 2 aromatic rings. The van der Waals surface area contributed by atoms with Crippen LogP contribution in [-0.4, -0.2) is 73.2 Å². The van der Waals surface area contributed by atoms with Crippen molar-refractivity contribution in [2.75, 3.05) is 47.0 Å². The molecule has 0 radical (unpaired) electrons. The molecular formula is C24H37IN6O2. The number of halogens is 1. The molecule has 4 rings (SSSR count). The van der Waals surface area contributed by atoms with Crippen LogP contribution in [0.5, 0.6) is 5.75 Å². The second kappa shape index (κ2) is 12.6. The summed E-state index contributed by atoms with van der Waals surface area (Å²) >= 11 is 0. The van der Waals surface area contributed by atoms with Gasteiger partial charge in [0, 0.05) is 38.4 Å². The van der Waals surface area contributed by atoms with Gasteiger partial charge in [-0.15, -0.1) is 24.0 Å². The van der Waals surface area contributed by atoms with Crippen LogP contribution in [0, 0.1) is 0 Å². The Labute approximate surface area is 214 Å². The lowest BCUT2D eigenvalue weighted by Crippen LogP contribution is -2.60. The molecule has 9 heteroatoms. The van der Waals surface area contributed by atoms with E-state index >= 15 is 0 Å². The predicted octanol–water partition coefficient (Wildman–Crippen LogP) is 3.20. The van der Waals surface area contributed by atoms with Crippen molar-refractivity contribution in [2.45, 2.75) is 44.2 Å². The minimum absolute atomic E-state index is 0. The fraction of sp³-hybridized carbons (Fsp3) is 0.583.